The highest BCUT2D eigenvalue weighted by molar-refractivity contribution is 6.02. The smallest absolute Gasteiger partial charge is 0.295 e. The van der Waals surface area contributed by atoms with E-state index in [4.69, 9.17) is 0 Å². The van der Waals surface area contributed by atoms with Crippen molar-refractivity contribution in [1.82, 2.24) is 20.2 Å². The summed E-state index contributed by atoms with van der Waals surface area (Å²) in [6.45, 7) is 0. The van der Waals surface area contributed by atoms with Crippen molar-refractivity contribution in [2.24, 2.45) is 0 Å². The lowest BCUT2D eigenvalue weighted by molar-refractivity contribution is 0.0983. The van der Waals surface area contributed by atoms with Crippen LogP contribution in [0.3, 0.4) is 0 Å². The van der Waals surface area contributed by atoms with E-state index >= 15 is 0 Å². The van der Waals surface area contributed by atoms with Gasteiger partial charge in [-0.3, -0.25) is 14.9 Å². The molecule has 2 aromatic rings. The van der Waals surface area contributed by atoms with E-state index in [1.54, 1.807) is 31.6 Å². The molecular weight excluding hydrogens is 194 g/mol. The lowest BCUT2D eigenvalue weighted by Crippen LogP contribution is -2.27. The van der Waals surface area contributed by atoms with Crippen LogP contribution in [0, 0.1) is 0 Å². The minimum absolute atomic E-state index is 0.217. The van der Waals surface area contributed by atoms with Crippen LogP contribution in [0.1, 0.15) is 10.6 Å². The van der Waals surface area contributed by atoms with Crippen LogP contribution in [-0.2, 0) is 0 Å². The van der Waals surface area contributed by atoms with Crippen molar-refractivity contribution in [2.45, 2.75) is 0 Å². The maximum absolute atomic E-state index is 11.8. The molecule has 2 heterocycles. The van der Waals surface area contributed by atoms with E-state index < -0.39 is 0 Å². The lowest BCUT2D eigenvalue weighted by atomic mass is 10.3. The first-order valence-electron chi connectivity index (χ1n) is 4.32. The molecule has 6 heteroatoms. The number of aromatic amines is 1. The zero-order valence-corrected chi connectivity index (χ0v) is 8.08. The number of nitrogens with zero attached hydrogens (tertiary/aromatic N) is 4. The maximum Gasteiger partial charge on any atom is 0.295 e. The van der Waals surface area contributed by atoms with E-state index in [9.17, 15) is 4.79 Å². The predicted molar refractivity (Wildman–Crippen MR) is 53.4 cm³/mol. The summed E-state index contributed by atoms with van der Waals surface area (Å²) in [6.07, 6.45) is 4.55. The molecule has 0 spiro atoms. The molecule has 76 valence electrons. The largest absolute Gasteiger partial charge is 0.309 e. The molecule has 0 aliphatic carbocycles. The fourth-order valence-electron chi connectivity index (χ4n) is 1.15. The first kappa shape index (κ1) is 9.32. The zero-order valence-electron chi connectivity index (χ0n) is 8.08. The van der Waals surface area contributed by atoms with E-state index in [-0.39, 0.29) is 11.7 Å². The zero-order chi connectivity index (χ0) is 10.7. The molecule has 0 atom stereocenters. The van der Waals surface area contributed by atoms with Gasteiger partial charge in [0.15, 0.2) is 0 Å². The van der Waals surface area contributed by atoms with Crippen LogP contribution >= 0.6 is 0 Å². The number of anilines is 1. The van der Waals surface area contributed by atoms with Gasteiger partial charge in [0.05, 0.1) is 0 Å². The molecule has 0 aliphatic heterocycles. The summed E-state index contributed by atoms with van der Waals surface area (Å²) in [6, 6.07) is 3.49. The maximum atomic E-state index is 11.8. The molecule has 0 fully saturated rings. The summed E-state index contributed by atoms with van der Waals surface area (Å²) in [4.78, 5) is 20.9. The first-order chi connectivity index (χ1) is 7.29. The Morgan fingerprint density at radius 1 is 1.40 bits per heavy atom. The number of amides is 1. The Morgan fingerprint density at radius 3 is 2.73 bits per heavy atom. The minimum atomic E-state index is -0.237. The molecule has 15 heavy (non-hydrogen) atoms. The Labute approximate surface area is 86.0 Å². The second-order valence-electron chi connectivity index (χ2n) is 2.90. The summed E-state index contributed by atoms with van der Waals surface area (Å²) in [7, 11) is 1.67. The quantitative estimate of drug-likeness (QED) is 0.770. The number of rotatable bonds is 2. The summed E-state index contributed by atoms with van der Waals surface area (Å²) in [5.41, 5.74) is 0.756. The number of nitrogens with one attached hydrogen (secondary N) is 1. The molecule has 0 bridgehead atoms. The Morgan fingerprint density at radius 2 is 2.13 bits per heavy atom. The SMILES string of the molecule is CN(C(=O)c1ncn[nH]1)c1ccncc1. The van der Waals surface area contributed by atoms with Crippen LogP contribution in [0.5, 0.6) is 0 Å². The molecule has 0 unspecified atom stereocenters. The molecule has 0 aromatic carbocycles. The summed E-state index contributed by atoms with van der Waals surface area (Å²) in [5.74, 6) is -0.0204. The monoisotopic (exact) mass is 203 g/mol. The Bertz CT molecular complexity index is 439. The van der Waals surface area contributed by atoms with E-state index in [2.05, 4.69) is 20.2 Å². The van der Waals surface area contributed by atoms with Gasteiger partial charge in [0.25, 0.3) is 5.91 Å². The van der Waals surface area contributed by atoms with Gasteiger partial charge < -0.3 is 4.90 Å². The molecule has 1 amide bonds. The van der Waals surface area contributed by atoms with Crippen molar-refractivity contribution in [1.29, 1.82) is 0 Å². The number of hydrogen-bond donors (Lipinski definition) is 1. The van der Waals surface area contributed by atoms with Gasteiger partial charge in [-0.05, 0) is 12.1 Å². The lowest BCUT2D eigenvalue weighted by Gasteiger charge is -2.14. The molecule has 0 saturated carbocycles. The number of hydrogen-bond acceptors (Lipinski definition) is 4. The van der Waals surface area contributed by atoms with Crippen molar-refractivity contribution in [3.05, 3.63) is 36.7 Å². The van der Waals surface area contributed by atoms with Crippen LogP contribution in [0.15, 0.2) is 30.9 Å². The standard InChI is InChI=1S/C9H9N5O/c1-14(7-2-4-10-5-3-7)9(15)8-11-6-12-13-8/h2-6H,1H3,(H,11,12,13). The number of pyridine rings is 1. The molecule has 6 nitrogen and oxygen atoms in total. The van der Waals surface area contributed by atoms with Crippen molar-refractivity contribution in [2.75, 3.05) is 11.9 Å². The van der Waals surface area contributed by atoms with Crippen LogP contribution in [0.2, 0.25) is 0 Å². The van der Waals surface area contributed by atoms with Gasteiger partial charge in [0, 0.05) is 25.1 Å². The van der Waals surface area contributed by atoms with Crippen molar-refractivity contribution >= 4 is 11.6 Å². The average molecular weight is 203 g/mol. The number of carbonyl (C=O) groups excluding carboxylic acids is 1. The van der Waals surface area contributed by atoms with Crippen LogP contribution < -0.4 is 4.90 Å². The van der Waals surface area contributed by atoms with Gasteiger partial charge in [-0.2, -0.15) is 5.10 Å². The third kappa shape index (κ3) is 1.83. The molecule has 2 aromatic heterocycles. The minimum Gasteiger partial charge on any atom is -0.309 e. The Kier molecular flexibility index (Phi) is 2.40. The number of carbonyl (C=O) groups is 1. The van der Waals surface area contributed by atoms with Crippen molar-refractivity contribution in [3.8, 4) is 0 Å². The van der Waals surface area contributed by atoms with Gasteiger partial charge in [-0.1, -0.05) is 0 Å². The highest BCUT2D eigenvalue weighted by Crippen LogP contribution is 2.11. The van der Waals surface area contributed by atoms with Crippen LogP contribution in [0.25, 0.3) is 0 Å². The molecule has 1 N–H and O–H groups in total. The second-order valence-corrected chi connectivity index (χ2v) is 2.90. The van der Waals surface area contributed by atoms with E-state index in [0.717, 1.165) is 5.69 Å². The predicted octanol–water partition coefficient (Wildman–Crippen LogP) is 0.476. The average Bonchev–Trinajstić information content (AvgIpc) is 2.82. The second kappa shape index (κ2) is 3.87. The molecule has 0 saturated heterocycles. The van der Waals surface area contributed by atoms with Gasteiger partial charge >= 0.3 is 0 Å². The van der Waals surface area contributed by atoms with E-state index in [0.29, 0.717) is 0 Å². The molecule has 0 radical (unpaired) electrons. The normalized spacial score (nSPS) is 9.93. The summed E-state index contributed by atoms with van der Waals surface area (Å²) < 4.78 is 0. The fourth-order valence-corrected chi connectivity index (χ4v) is 1.15. The molecular formula is C9H9N5O. The Hall–Kier alpha value is -2.24. The van der Waals surface area contributed by atoms with Crippen molar-refractivity contribution < 1.29 is 4.79 Å². The third-order valence-electron chi connectivity index (χ3n) is 1.97. The number of aromatic nitrogens is 4. The van der Waals surface area contributed by atoms with E-state index in [1.165, 1.54) is 11.2 Å². The summed E-state index contributed by atoms with van der Waals surface area (Å²) >= 11 is 0. The molecule has 2 rings (SSSR count). The topological polar surface area (TPSA) is 74.8 Å². The van der Waals surface area contributed by atoms with Crippen LogP contribution in [0.4, 0.5) is 5.69 Å². The van der Waals surface area contributed by atoms with Gasteiger partial charge in [-0.15, -0.1) is 0 Å². The van der Waals surface area contributed by atoms with Gasteiger partial charge in [0.1, 0.15) is 6.33 Å². The highest BCUT2D eigenvalue weighted by Gasteiger charge is 2.15. The van der Waals surface area contributed by atoms with Crippen LogP contribution in [-0.4, -0.2) is 33.1 Å². The first-order valence-corrected chi connectivity index (χ1v) is 4.32. The third-order valence-corrected chi connectivity index (χ3v) is 1.97. The fraction of sp³-hybridized carbons (Fsp3) is 0.111. The van der Waals surface area contributed by atoms with Gasteiger partial charge in [0.2, 0.25) is 5.82 Å². The number of H-pyrrole nitrogens is 1. The highest BCUT2D eigenvalue weighted by atomic mass is 16.2. The van der Waals surface area contributed by atoms with E-state index in [1.807, 2.05) is 0 Å². The van der Waals surface area contributed by atoms with Gasteiger partial charge in [-0.25, -0.2) is 4.98 Å². The summed E-state index contributed by atoms with van der Waals surface area (Å²) in [5, 5.41) is 6.14. The van der Waals surface area contributed by atoms with Crippen molar-refractivity contribution in [3.63, 3.8) is 0 Å². The molecule has 0 aliphatic rings. The Balaban J connectivity index is 2.23.